The summed E-state index contributed by atoms with van der Waals surface area (Å²) in [5.41, 5.74) is 0.608. The van der Waals surface area contributed by atoms with Gasteiger partial charge in [-0.3, -0.25) is 9.69 Å². The molecule has 110 valence electrons. The molecule has 2 rings (SSSR count). The van der Waals surface area contributed by atoms with Crippen LogP contribution in [0.2, 0.25) is 5.02 Å². The van der Waals surface area contributed by atoms with Crippen LogP contribution in [-0.2, 0) is 11.3 Å². The number of piperazine rings is 1. The van der Waals surface area contributed by atoms with Crippen molar-refractivity contribution in [3.63, 3.8) is 0 Å². The number of hydrogen-bond donors (Lipinski definition) is 1. The molecule has 0 amide bonds. The smallest absolute Gasteiger partial charge is 0.304 e. The summed E-state index contributed by atoms with van der Waals surface area (Å²) < 4.78 is 13.6. The van der Waals surface area contributed by atoms with Crippen LogP contribution in [0.1, 0.15) is 12.0 Å². The van der Waals surface area contributed by atoms with Crippen molar-refractivity contribution in [2.75, 3.05) is 32.7 Å². The Morgan fingerprint density at radius 2 is 1.90 bits per heavy atom. The zero-order chi connectivity index (χ0) is 14.5. The molecule has 1 fully saturated rings. The molecule has 0 aromatic heterocycles. The third kappa shape index (κ3) is 4.44. The topological polar surface area (TPSA) is 43.8 Å². The number of nitrogens with zero attached hydrogens (tertiary/aromatic N) is 2. The van der Waals surface area contributed by atoms with E-state index < -0.39 is 5.97 Å². The summed E-state index contributed by atoms with van der Waals surface area (Å²) >= 11 is 5.88. The summed E-state index contributed by atoms with van der Waals surface area (Å²) in [6, 6.07) is 4.60. The number of carboxylic acid groups (broad SMARTS) is 1. The zero-order valence-corrected chi connectivity index (χ0v) is 11.9. The van der Waals surface area contributed by atoms with Crippen LogP contribution in [0.5, 0.6) is 0 Å². The monoisotopic (exact) mass is 300 g/mol. The van der Waals surface area contributed by atoms with E-state index in [4.69, 9.17) is 16.7 Å². The van der Waals surface area contributed by atoms with E-state index in [0.717, 1.165) is 26.2 Å². The van der Waals surface area contributed by atoms with E-state index in [0.29, 0.717) is 23.7 Å². The first kappa shape index (κ1) is 15.2. The second-order valence-corrected chi connectivity index (χ2v) is 5.43. The Labute approximate surface area is 122 Å². The second-order valence-electron chi connectivity index (χ2n) is 5.00. The third-order valence-corrected chi connectivity index (χ3v) is 3.74. The molecule has 0 saturated carbocycles. The van der Waals surface area contributed by atoms with Crippen LogP contribution in [0.15, 0.2) is 18.2 Å². The fourth-order valence-electron chi connectivity index (χ4n) is 2.33. The second kappa shape index (κ2) is 7.02. The molecule has 0 bridgehead atoms. The quantitative estimate of drug-likeness (QED) is 0.904. The Hall–Kier alpha value is -1.17. The van der Waals surface area contributed by atoms with Gasteiger partial charge >= 0.3 is 5.97 Å². The van der Waals surface area contributed by atoms with Gasteiger partial charge in [0, 0.05) is 49.9 Å². The maximum atomic E-state index is 13.6. The first-order valence-corrected chi connectivity index (χ1v) is 7.03. The van der Waals surface area contributed by atoms with Gasteiger partial charge in [-0.15, -0.1) is 0 Å². The molecule has 0 radical (unpaired) electrons. The van der Waals surface area contributed by atoms with Crippen LogP contribution >= 0.6 is 11.6 Å². The zero-order valence-electron chi connectivity index (χ0n) is 11.2. The number of aliphatic carboxylic acids is 1. The molecule has 4 nitrogen and oxygen atoms in total. The average Bonchev–Trinajstić information content (AvgIpc) is 2.42. The van der Waals surface area contributed by atoms with Gasteiger partial charge in [0.25, 0.3) is 0 Å². The lowest BCUT2D eigenvalue weighted by Gasteiger charge is -2.34. The van der Waals surface area contributed by atoms with E-state index in [2.05, 4.69) is 9.80 Å². The highest BCUT2D eigenvalue weighted by molar-refractivity contribution is 6.30. The van der Waals surface area contributed by atoms with Crippen molar-refractivity contribution < 1.29 is 14.3 Å². The highest BCUT2D eigenvalue weighted by atomic mass is 35.5. The van der Waals surface area contributed by atoms with Gasteiger partial charge in [-0.1, -0.05) is 11.6 Å². The molecule has 0 unspecified atom stereocenters. The highest BCUT2D eigenvalue weighted by Gasteiger charge is 2.18. The van der Waals surface area contributed by atoms with Gasteiger partial charge in [0.2, 0.25) is 0 Å². The molecule has 1 saturated heterocycles. The standard InChI is InChI=1S/C14H18ClFN2O2/c15-12-1-2-13(16)11(9-12)10-18-7-5-17(6-8-18)4-3-14(19)20/h1-2,9H,3-8,10H2,(H,19,20). The molecule has 6 heteroatoms. The van der Waals surface area contributed by atoms with Crippen molar-refractivity contribution in [1.29, 1.82) is 0 Å². The number of rotatable bonds is 5. The molecule has 0 spiro atoms. The molecule has 1 N–H and O–H groups in total. The number of hydrogen-bond acceptors (Lipinski definition) is 3. The van der Waals surface area contributed by atoms with Gasteiger partial charge < -0.3 is 10.0 Å². The minimum atomic E-state index is -0.770. The first-order chi connectivity index (χ1) is 9.54. The lowest BCUT2D eigenvalue weighted by molar-refractivity contribution is -0.137. The SMILES string of the molecule is O=C(O)CCN1CCN(Cc2cc(Cl)ccc2F)CC1. The van der Waals surface area contributed by atoms with Crippen molar-refractivity contribution in [3.8, 4) is 0 Å². The van der Waals surface area contributed by atoms with Crippen LogP contribution in [-0.4, -0.2) is 53.6 Å². The average molecular weight is 301 g/mol. The Morgan fingerprint density at radius 3 is 2.55 bits per heavy atom. The molecular formula is C14H18ClFN2O2. The molecule has 1 aliphatic rings. The van der Waals surface area contributed by atoms with Crippen LogP contribution in [0, 0.1) is 5.82 Å². The molecule has 1 aromatic carbocycles. The van der Waals surface area contributed by atoms with Crippen molar-refractivity contribution in [3.05, 3.63) is 34.6 Å². The lowest BCUT2D eigenvalue weighted by Crippen LogP contribution is -2.46. The Morgan fingerprint density at radius 1 is 1.25 bits per heavy atom. The summed E-state index contributed by atoms with van der Waals surface area (Å²) in [4.78, 5) is 14.8. The van der Waals surface area contributed by atoms with Crippen LogP contribution in [0.4, 0.5) is 4.39 Å². The summed E-state index contributed by atoms with van der Waals surface area (Å²) in [5, 5.41) is 9.20. The minimum Gasteiger partial charge on any atom is -0.481 e. The summed E-state index contributed by atoms with van der Waals surface area (Å²) in [6.07, 6.45) is 0.170. The fourth-order valence-corrected chi connectivity index (χ4v) is 2.52. The van der Waals surface area contributed by atoms with Crippen LogP contribution < -0.4 is 0 Å². The Bertz CT molecular complexity index is 476. The minimum absolute atomic E-state index is 0.170. The molecule has 0 atom stereocenters. The molecular weight excluding hydrogens is 283 g/mol. The maximum absolute atomic E-state index is 13.6. The van der Waals surface area contributed by atoms with Gasteiger partial charge in [0.15, 0.2) is 0 Å². The molecule has 1 heterocycles. The number of benzene rings is 1. The third-order valence-electron chi connectivity index (χ3n) is 3.51. The van der Waals surface area contributed by atoms with E-state index in [1.807, 2.05) is 0 Å². The van der Waals surface area contributed by atoms with Gasteiger partial charge in [0.05, 0.1) is 6.42 Å². The van der Waals surface area contributed by atoms with Crippen LogP contribution in [0.3, 0.4) is 0 Å². The fraction of sp³-hybridized carbons (Fsp3) is 0.500. The highest BCUT2D eigenvalue weighted by Crippen LogP contribution is 2.17. The van der Waals surface area contributed by atoms with E-state index in [1.54, 1.807) is 12.1 Å². The van der Waals surface area contributed by atoms with Crippen molar-refractivity contribution in [2.45, 2.75) is 13.0 Å². The maximum Gasteiger partial charge on any atom is 0.304 e. The van der Waals surface area contributed by atoms with E-state index in [-0.39, 0.29) is 12.2 Å². The Balaban J connectivity index is 1.82. The van der Waals surface area contributed by atoms with Gasteiger partial charge in [-0.2, -0.15) is 0 Å². The van der Waals surface area contributed by atoms with Gasteiger partial charge in [-0.05, 0) is 18.2 Å². The largest absolute Gasteiger partial charge is 0.481 e. The van der Waals surface area contributed by atoms with Gasteiger partial charge in [0.1, 0.15) is 5.82 Å². The van der Waals surface area contributed by atoms with Crippen molar-refractivity contribution in [2.24, 2.45) is 0 Å². The number of carbonyl (C=O) groups is 1. The molecule has 20 heavy (non-hydrogen) atoms. The lowest BCUT2D eigenvalue weighted by atomic mass is 10.2. The van der Waals surface area contributed by atoms with E-state index >= 15 is 0 Å². The number of carboxylic acids is 1. The normalized spacial score (nSPS) is 17.3. The first-order valence-electron chi connectivity index (χ1n) is 6.65. The van der Waals surface area contributed by atoms with Crippen molar-refractivity contribution >= 4 is 17.6 Å². The van der Waals surface area contributed by atoms with Crippen molar-refractivity contribution in [1.82, 2.24) is 9.80 Å². The molecule has 0 aliphatic carbocycles. The number of halogens is 2. The summed E-state index contributed by atoms with van der Waals surface area (Å²) in [5.74, 6) is -1.00. The van der Waals surface area contributed by atoms with E-state index in [9.17, 15) is 9.18 Å². The van der Waals surface area contributed by atoms with Crippen LogP contribution in [0.25, 0.3) is 0 Å². The Kier molecular flexibility index (Phi) is 5.34. The summed E-state index contributed by atoms with van der Waals surface area (Å²) in [6.45, 7) is 4.37. The predicted octanol–water partition coefficient (Wildman–Crippen LogP) is 2.07. The summed E-state index contributed by atoms with van der Waals surface area (Å²) in [7, 11) is 0. The predicted molar refractivity (Wildman–Crippen MR) is 75.4 cm³/mol. The van der Waals surface area contributed by atoms with E-state index in [1.165, 1.54) is 6.07 Å². The van der Waals surface area contributed by atoms with Gasteiger partial charge in [-0.25, -0.2) is 4.39 Å². The molecule has 1 aromatic rings. The molecule has 1 aliphatic heterocycles.